The quantitative estimate of drug-likeness (QED) is 0.464. The molecule has 2 aromatic carbocycles. The van der Waals surface area contributed by atoms with Gasteiger partial charge in [-0.25, -0.2) is 4.98 Å². The van der Waals surface area contributed by atoms with Crippen LogP contribution in [0.25, 0.3) is 22.6 Å². The van der Waals surface area contributed by atoms with Crippen molar-refractivity contribution in [3.63, 3.8) is 0 Å². The topological polar surface area (TPSA) is 96.5 Å². The minimum Gasteiger partial charge on any atom is -0.493 e. The number of halogens is 2. The van der Waals surface area contributed by atoms with E-state index in [2.05, 4.69) is 9.72 Å². The highest BCUT2D eigenvalue weighted by Crippen LogP contribution is 2.33. The third-order valence-corrected chi connectivity index (χ3v) is 4.79. The Morgan fingerprint density at radius 2 is 2.03 bits per heavy atom. The number of hydrogen-bond donors (Lipinski definition) is 0. The summed E-state index contributed by atoms with van der Waals surface area (Å²) in [5, 5.41) is 11.2. The SMILES string of the molecule is COc1cc(C=C2CCn3c2nc2ccc([N+](=O)[O-])cc2c3=O)ccc1OC(F)F. The van der Waals surface area contributed by atoms with Crippen molar-refractivity contribution in [1.82, 2.24) is 9.55 Å². The first-order chi connectivity index (χ1) is 14.4. The van der Waals surface area contributed by atoms with E-state index in [-0.39, 0.29) is 28.1 Å². The highest BCUT2D eigenvalue weighted by atomic mass is 19.3. The first-order valence-electron chi connectivity index (χ1n) is 8.90. The molecule has 0 aliphatic carbocycles. The maximum Gasteiger partial charge on any atom is 0.387 e. The summed E-state index contributed by atoms with van der Waals surface area (Å²) in [5.41, 5.74) is 1.28. The smallest absolute Gasteiger partial charge is 0.387 e. The molecular formula is C20H15F2N3O5. The summed E-state index contributed by atoms with van der Waals surface area (Å²) < 4.78 is 36.0. The second-order valence-electron chi connectivity index (χ2n) is 6.56. The zero-order chi connectivity index (χ0) is 21.4. The number of nitro groups is 1. The van der Waals surface area contributed by atoms with Gasteiger partial charge in [-0.2, -0.15) is 8.78 Å². The lowest BCUT2D eigenvalue weighted by atomic mass is 10.1. The minimum atomic E-state index is -2.97. The summed E-state index contributed by atoms with van der Waals surface area (Å²) in [7, 11) is 1.35. The standard InChI is InChI=1S/C20H15F2N3O5/c1-29-17-9-11(2-5-16(17)30-20(21)22)8-12-6-7-24-18(12)23-15-4-3-13(25(27)28)10-14(15)19(24)26/h2-5,8-10,20H,6-7H2,1H3. The first-order valence-corrected chi connectivity index (χ1v) is 8.90. The summed E-state index contributed by atoms with van der Waals surface area (Å²) in [6, 6.07) is 8.51. The molecule has 0 atom stereocenters. The van der Waals surface area contributed by atoms with E-state index in [1.165, 1.54) is 35.9 Å². The molecule has 3 aromatic rings. The Morgan fingerprint density at radius 1 is 1.23 bits per heavy atom. The van der Waals surface area contributed by atoms with Crippen molar-refractivity contribution in [2.24, 2.45) is 0 Å². The van der Waals surface area contributed by atoms with Gasteiger partial charge >= 0.3 is 6.61 Å². The van der Waals surface area contributed by atoms with Crippen LogP contribution in [-0.2, 0) is 6.54 Å². The molecule has 4 rings (SSSR count). The number of ether oxygens (including phenoxy) is 2. The molecule has 1 aromatic heterocycles. The number of nitrogens with zero attached hydrogens (tertiary/aromatic N) is 3. The van der Waals surface area contributed by atoms with Gasteiger partial charge < -0.3 is 9.47 Å². The average Bonchev–Trinajstić information content (AvgIpc) is 3.11. The highest BCUT2D eigenvalue weighted by Gasteiger charge is 2.22. The van der Waals surface area contributed by atoms with Crippen LogP contribution in [0, 0.1) is 10.1 Å². The number of methoxy groups -OCH3 is 1. The minimum absolute atomic E-state index is 0.0802. The number of alkyl halides is 2. The lowest BCUT2D eigenvalue weighted by Crippen LogP contribution is -2.20. The van der Waals surface area contributed by atoms with Crippen LogP contribution in [0.1, 0.15) is 17.8 Å². The predicted octanol–water partition coefficient (Wildman–Crippen LogP) is 3.86. The summed E-state index contributed by atoms with van der Waals surface area (Å²) in [4.78, 5) is 27.7. The van der Waals surface area contributed by atoms with Gasteiger partial charge in [-0.05, 0) is 41.8 Å². The lowest BCUT2D eigenvalue weighted by Gasteiger charge is -2.10. The Balaban J connectivity index is 1.77. The number of benzene rings is 2. The molecule has 30 heavy (non-hydrogen) atoms. The fraction of sp³-hybridized carbons (Fsp3) is 0.200. The number of nitro benzene ring substituents is 1. The van der Waals surface area contributed by atoms with Gasteiger partial charge in [-0.15, -0.1) is 0 Å². The fourth-order valence-electron chi connectivity index (χ4n) is 3.42. The van der Waals surface area contributed by atoms with E-state index in [4.69, 9.17) is 4.74 Å². The van der Waals surface area contributed by atoms with Crippen LogP contribution in [-0.4, -0.2) is 28.2 Å². The van der Waals surface area contributed by atoms with Crippen LogP contribution in [0.5, 0.6) is 11.5 Å². The van der Waals surface area contributed by atoms with Crippen molar-refractivity contribution in [3.8, 4) is 11.5 Å². The number of allylic oxidation sites excluding steroid dienone is 1. The highest BCUT2D eigenvalue weighted by molar-refractivity contribution is 5.86. The number of fused-ring (bicyclic) bond motifs is 2. The number of rotatable bonds is 5. The van der Waals surface area contributed by atoms with Crippen LogP contribution in [0.2, 0.25) is 0 Å². The lowest BCUT2D eigenvalue weighted by molar-refractivity contribution is -0.384. The molecule has 0 amide bonds. The van der Waals surface area contributed by atoms with Gasteiger partial charge in [0.1, 0.15) is 5.82 Å². The largest absolute Gasteiger partial charge is 0.493 e. The van der Waals surface area contributed by atoms with Gasteiger partial charge in [0.2, 0.25) is 0 Å². The summed E-state index contributed by atoms with van der Waals surface area (Å²) in [5.74, 6) is 0.537. The van der Waals surface area contributed by atoms with Crippen LogP contribution >= 0.6 is 0 Å². The van der Waals surface area contributed by atoms with Gasteiger partial charge in [-0.1, -0.05) is 6.07 Å². The third-order valence-electron chi connectivity index (χ3n) is 4.79. The monoisotopic (exact) mass is 415 g/mol. The number of hydrogen-bond acceptors (Lipinski definition) is 6. The molecule has 2 heterocycles. The van der Waals surface area contributed by atoms with E-state index in [1.807, 2.05) is 0 Å². The Kier molecular flexibility index (Phi) is 4.90. The van der Waals surface area contributed by atoms with Crippen molar-refractivity contribution in [2.45, 2.75) is 19.6 Å². The number of aromatic nitrogens is 2. The van der Waals surface area contributed by atoms with Gasteiger partial charge in [0.15, 0.2) is 11.5 Å². The molecular weight excluding hydrogens is 400 g/mol. The van der Waals surface area contributed by atoms with E-state index in [0.717, 1.165) is 5.57 Å². The summed E-state index contributed by atoms with van der Waals surface area (Å²) >= 11 is 0. The molecule has 0 fully saturated rings. The van der Waals surface area contributed by atoms with E-state index in [9.17, 15) is 23.7 Å². The normalized spacial score (nSPS) is 14.3. The van der Waals surface area contributed by atoms with Crippen LogP contribution in [0.3, 0.4) is 0 Å². The van der Waals surface area contributed by atoms with Crippen molar-refractivity contribution >= 4 is 28.2 Å². The summed E-state index contributed by atoms with van der Waals surface area (Å²) in [6.07, 6.45) is 2.31. The molecule has 10 heteroatoms. The van der Waals surface area contributed by atoms with Gasteiger partial charge in [-0.3, -0.25) is 19.5 Å². The van der Waals surface area contributed by atoms with Gasteiger partial charge in [0, 0.05) is 18.7 Å². The van der Waals surface area contributed by atoms with E-state index < -0.39 is 11.5 Å². The molecule has 1 aliphatic heterocycles. The Labute approximate surface area is 168 Å². The van der Waals surface area contributed by atoms with Crippen LogP contribution < -0.4 is 15.0 Å². The molecule has 0 saturated carbocycles. The molecule has 1 aliphatic rings. The van der Waals surface area contributed by atoms with E-state index in [1.54, 1.807) is 18.2 Å². The molecule has 0 spiro atoms. The second kappa shape index (κ2) is 7.54. The maximum atomic E-state index is 12.8. The van der Waals surface area contributed by atoms with Gasteiger partial charge in [0.25, 0.3) is 11.2 Å². The van der Waals surface area contributed by atoms with E-state index in [0.29, 0.717) is 29.9 Å². The third kappa shape index (κ3) is 3.47. The molecule has 0 bridgehead atoms. The van der Waals surface area contributed by atoms with Gasteiger partial charge in [0.05, 0.1) is 22.9 Å². The summed E-state index contributed by atoms with van der Waals surface area (Å²) in [6.45, 7) is -2.58. The predicted molar refractivity (Wildman–Crippen MR) is 105 cm³/mol. The molecule has 0 unspecified atom stereocenters. The second-order valence-corrected chi connectivity index (χ2v) is 6.56. The first kappa shape index (κ1) is 19.5. The van der Waals surface area contributed by atoms with Crippen molar-refractivity contribution in [3.05, 3.63) is 68.3 Å². The van der Waals surface area contributed by atoms with Crippen LogP contribution in [0.15, 0.2) is 41.2 Å². The average molecular weight is 415 g/mol. The molecule has 154 valence electrons. The Bertz CT molecular complexity index is 1250. The Morgan fingerprint density at radius 3 is 2.73 bits per heavy atom. The van der Waals surface area contributed by atoms with Crippen LogP contribution in [0.4, 0.5) is 14.5 Å². The van der Waals surface area contributed by atoms with Crippen molar-refractivity contribution in [2.75, 3.05) is 7.11 Å². The maximum absolute atomic E-state index is 12.8. The fourth-order valence-corrected chi connectivity index (χ4v) is 3.42. The molecule has 0 N–H and O–H groups in total. The molecule has 0 saturated heterocycles. The number of non-ortho nitro benzene ring substituents is 1. The zero-order valence-corrected chi connectivity index (χ0v) is 15.7. The molecule has 0 radical (unpaired) electrons. The van der Waals surface area contributed by atoms with Crippen molar-refractivity contribution in [1.29, 1.82) is 0 Å². The Hall–Kier alpha value is -3.82. The van der Waals surface area contributed by atoms with E-state index >= 15 is 0 Å². The zero-order valence-electron chi connectivity index (χ0n) is 15.7. The van der Waals surface area contributed by atoms with Crippen molar-refractivity contribution < 1.29 is 23.2 Å². The molecule has 8 nitrogen and oxygen atoms in total.